The van der Waals surface area contributed by atoms with Gasteiger partial charge in [0.15, 0.2) is 0 Å². The Bertz CT molecular complexity index is 687. The lowest BCUT2D eigenvalue weighted by atomic mass is 9.93. The van der Waals surface area contributed by atoms with Gasteiger partial charge in [0.2, 0.25) is 5.91 Å². The lowest BCUT2D eigenvalue weighted by Crippen LogP contribution is -2.36. The molecule has 2 aromatic heterocycles. The van der Waals surface area contributed by atoms with E-state index in [1.54, 1.807) is 30.4 Å². The molecule has 1 amide bonds. The van der Waals surface area contributed by atoms with E-state index >= 15 is 0 Å². The van der Waals surface area contributed by atoms with E-state index < -0.39 is 5.97 Å². The Balaban J connectivity index is 2.02. The maximum Gasteiger partial charge on any atom is 0.356 e. The van der Waals surface area contributed by atoms with Gasteiger partial charge in [-0.15, -0.1) is 0 Å². The number of anilines is 1. The molecule has 0 fully saturated rings. The van der Waals surface area contributed by atoms with Crippen LogP contribution in [0, 0.1) is 0 Å². The number of furan rings is 1. The summed E-state index contributed by atoms with van der Waals surface area (Å²) in [5, 5.41) is 0. The van der Waals surface area contributed by atoms with E-state index in [1.165, 1.54) is 0 Å². The fraction of sp³-hybridized carbons (Fsp3) is 0.375. The first-order valence-corrected chi connectivity index (χ1v) is 7.33. The van der Waals surface area contributed by atoms with Crippen LogP contribution in [0.3, 0.4) is 0 Å². The summed E-state index contributed by atoms with van der Waals surface area (Å²) in [7, 11) is 0. The summed E-state index contributed by atoms with van der Waals surface area (Å²) >= 11 is 0. The molecule has 1 N–H and O–H groups in total. The highest BCUT2D eigenvalue weighted by Gasteiger charge is 2.35. The van der Waals surface area contributed by atoms with Crippen LogP contribution in [0.1, 0.15) is 48.0 Å². The first kappa shape index (κ1) is 14.4. The van der Waals surface area contributed by atoms with E-state index in [4.69, 9.17) is 9.15 Å². The van der Waals surface area contributed by atoms with Gasteiger partial charge in [0.25, 0.3) is 0 Å². The molecule has 0 saturated heterocycles. The molecule has 0 radical (unpaired) electrons. The van der Waals surface area contributed by atoms with Gasteiger partial charge >= 0.3 is 5.97 Å². The second-order valence-corrected chi connectivity index (χ2v) is 5.35. The number of aromatic amines is 1. The van der Waals surface area contributed by atoms with Crippen LogP contribution >= 0.6 is 0 Å². The highest BCUT2D eigenvalue weighted by atomic mass is 16.5. The van der Waals surface area contributed by atoms with Gasteiger partial charge in [0, 0.05) is 12.6 Å². The number of esters is 1. The smallest absolute Gasteiger partial charge is 0.356 e. The minimum Gasteiger partial charge on any atom is -0.467 e. The van der Waals surface area contributed by atoms with Crippen LogP contribution in [0.15, 0.2) is 29.0 Å². The van der Waals surface area contributed by atoms with E-state index in [9.17, 15) is 9.59 Å². The van der Waals surface area contributed by atoms with Gasteiger partial charge in [-0.25, -0.2) is 4.79 Å². The first-order valence-electron chi connectivity index (χ1n) is 7.33. The van der Waals surface area contributed by atoms with Crippen molar-refractivity contribution < 1.29 is 18.7 Å². The number of hydrogen-bond acceptors (Lipinski definition) is 4. The summed E-state index contributed by atoms with van der Waals surface area (Å²) in [5.41, 5.74) is 1.89. The number of carbonyl (C=O) groups excluding carboxylic acids is 2. The van der Waals surface area contributed by atoms with Crippen LogP contribution in [-0.4, -0.2) is 23.5 Å². The molecule has 1 unspecified atom stereocenters. The number of aromatic nitrogens is 1. The average molecular weight is 302 g/mol. The van der Waals surface area contributed by atoms with Crippen LogP contribution in [0.25, 0.3) is 0 Å². The molecule has 3 heterocycles. The number of carbonyl (C=O) groups is 2. The largest absolute Gasteiger partial charge is 0.467 e. The molecular weight excluding hydrogens is 284 g/mol. The number of amides is 1. The zero-order valence-corrected chi connectivity index (χ0v) is 12.6. The molecule has 6 nitrogen and oxygen atoms in total. The summed E-state index contributed by atoms with van der Waals surface area (Å²) in [6.07, 6.45) is 3.76. The van der Waals surface area contributed by atoms with Crippen LogP contribution in [-0.2, 0) is 16.1 Å². The predicted molar refractivity (Wildman–Crippen MR) is 79.7 cm³/mol. The van der Waals surface area contributed by atoms with Crippen molar-refractivity contribution in [3.63, 3.8) is 0 Å². The topological polar surface area (TPSA) is 75.5 Å². The SMILES string of the molecule is CCOC(=O)c1[nH]cc2c1N(Cc1ccco1)C(=O)CC2C. The Morgan fingerprint density at radius 3 is 3.05 bits per heavy atom. The van der Waals surface area contributed by atoms with Crippen LogP contribution in [0.5, 0.6) is 0 Å². The molecule has 1 atom stereocenters. The zero-order valence-electron chi connectivity index (χ0n) is 12.6. The summed E-state index contributed by atoms with van der Waals surface area (Å²) in [5.74, 6) is 0.260. The Morgan fingerprint density at radius 1 is 1.55 bits per heavy atom. The number of H-pyrrole nitrogens is 1. The third kappa shape index (κ3) is 2.41. The number of fused-ring (bicyclic) bond motifs is 1. The zero-order chi connectivity index (χ0) is 15.7. The van der Waals surface area contributed by atoms with Crippen molar-refractivity contribution in [3.05, 3.63) is 41.6 Å². The molecule has 6 heteroatoms. The lowest BCUT2D eigenvalue weighted by molar-refractivity contribution is -0.119. The highest BCUT2D eigenvalue weighted by molar-refractivity contribution is 6.04. The Labute approximate surface area is 128 Å². The van der Waals surface area contributed by atoms with E-state index in [0.29, 0.717) is 30.1 Å². The molecule has 1 aliphatic rings. The Morgan fingerprint density at radius 2 is 2.36 bits per heavy atom. The van der Waals surface area contributed by atoms with Gasteiger partial charge in [-0.2, -0.15) is 0 Å². The third-order valence-corrected chi connectivity index (χ3v) is 3.84. The molecule has 0 saturated carbocycles. The molecule has 0 spiro atoms. The average Bonchev–Trinajstić information content (AvgIpc) is 3.13. The van der Waals surface area contributed by atoms with Gasteiger partial charge in [0.05, 0.1) is 25.1 Å². The van der Waals surface area contributed by atoms with Crippen molar-refractivity contribution >= 4 is 17.6 Å². The van der Waals surface area contributed by atoms with Crippen LogP contribution in [0.2, 0.25) is 0 Å². The summed E-state index contributed by atoms with van der Waals surface area (Å²) in [6, 6.07) is 3.58. The fourth-order valence-corrected chi connectivity index (χ4v) is 2.79. The van der Waals surface area contributed by atoms with Crippen LogP contribution < -0.4 is 4.90 Å². The fourth-order valence-electron chi connectivity index (χ4n) is 2.79. The van der Waals surface area contributed by atoms with E-state index in [2.05, 4.69) is 4.98 Å². The van der Waals surface area contributed by atoms with Gasteiger partial charge in [-0.3, -0.25) is 4.79 Å². The molecular formula is C16H18N2O4. The minimum atomic E-state index is -0.449. The number of hydrogen-bond donors (Lipinski definition) is 1. The normalized spacial score (nSPS) is 17.5. The molecule has 0 aromatic carbocycles. The lowest BCUT2D eigenvalue weighted by Gasteiger charge is -2.30. The van der Waals surface area contributed by atoms with Gasteiger partial charge in [-0.05, 0) is 30.5 Å². The molecule has 3 rings (SSSR count). The number of nitrogens with zero attached hydrogens (tertiary/aromatic N) is 1. The van der Waals surface area contributed by atoms with Crippen molar-refractivity contribution in [2.45, 2.75) is 32.7 Å². The quantitative estimate of drug-likeness (QED) is 0.881. The van der Waals surface area contributed by atoms with Crippen LogP contribution in [0.4, 0.5) is 5.69 Å². The number of nitrogens with one attached hydrogen (secondary N) is 1. The molecule has 116 valence electrons. The third-order valence-electron chi connectivity index (χ3n) is 3.84. The molecule has 0 bridgehead atoms. The van der Waals surface area contributed by atoms with Crippen molar-refractivity contribution in [1.82, 2.24) is 4.98 Å². The molecule has 2 aromatic rings. The summed E-state index contributed by atoms with van der Waals surface area (Å²) < 4.78 is 10.4. The van der Waals surface area contributed by atoms with Crippen molar-refractivity contribution in [2.75, 3.05) is 11.5 Å². The molecule has 22 heavy (non-hydrogen) atoms. The minimum absolute atomic E-state index is 0.0263. The predicted octanol–water partition coefficient (Wildman–Crippen LogP) is 2.82. The molecule has 0 aliphatic carbocycles. The highest BCUT2D eigenvalue weighted by Crippen LogP contribution is 2.39. The number of ether oxygens (including phenoxy) is 1. The maximum absolute atomic E-state index is 12.4. The Hall–Kier alpha value is -2.50. The van der Waals surface area contributed by atoms with Gasteiger partial charge < -0.3 is 19.0 Å². The number of rotatable bonds is 4. The maximum atomic E-state index is 12.4. The van der Waals surface area contributed by atoms with Gasteiger partial charge in [0.1, 0.15) is 11.5 Å². The van der Waals surface area contributed by atoms with E-state index in [0.717, 1.165) is 5.56 Å². The standard InChI is InChI=1S/C16H18N2O4/c1-3-21-16(20)14-15-12(8-17-14)10(2)7-13(19)18(15)9-11-5-4-6-22-11/h4-6,8,10,17H,3,7,9H2,1-2H3. The van der Waals surface area contributed by atoms with E-state index in [-0.39, 0.29) is 18.4 Å². The summed E-state index contributed by atoms with van der Waals surface area (Å²) in [4.78, 5) is 29.1. The van der Waals surface area contributed by atoms with Crippen molar-refractivity contribution in [2.24, 2.45) is 0 Å². The molecule has 1 aliphatic heterocycles. The van der Waals surface area contributed by atoms with Gasteiger partial charge in [-0.1, -0.05) is 6.92 Å². The monoisotopic (exact) mass is 302 g/mol. The van der Waals surface area contributed by atoms with Crippen molar-refractivity contribution in [3.8, 4) is 0 Å². The summed E-state index contributed by atoms with van der Waals surface area (Å²) in [6.45, 7) is 4.32. The van der Waals surface area contributed by atoms with Crippen molar-refractivity contribution in [1.29, 1.82) is 0 Å². The first-order chi connectivity index (χ1) is 10.6. The Kier molecular flexibility index (Phi) is 3.75. The second kappa shape index (κ2) is 5.71. The second-order valence-electron chi connectivity index (χ2n) is 5.35. The van der Waals surface area contributed by atoms with E-state index in [1.807, 2.05) is 13.0 Å².